The van der Waals surface area contributed by atoms with Gasteiger partial charge >= 0.3 is 0 Å². The number of fused-ring (bicyclic) bond motifs is 2. The molecule has 4 rings (SSSR count). The lowest BCUT2D eigenvalue weighted by Crippen LogP contribution is -2.09. The molecular weight excluding hydrogens is 248 g/mol. The van der Waals surface area contributed by atoms with Crippen LogP contribution in [0.5, 0.6) is 11.5 Å². The summed E-state index contributed by atoms with van der Waals surface area (Å²) in [4.78, 5) is 0. The van der Waals surface area contributed by atoms with E-state index in [2.05, 4.69) is 36.4 Å². The molecule has 97 valence electrons. The Kier molecular flexibility index (Phi) is 2.59. The summed E-state index contributed by atoms with van der Waals surface area (Å²) >= 11 is 0. The molecule has 0 bridgehead atoms. The van der Waals surface area contributed by atoms with E-state index < -0.39 is 0 Å². The molecule has 20 heavy (non-hydrogen) atoms. The summed E-state index contributed by atoms with van der Waals surface area (Å²) in [5, 5.41) is 0. The van der Waals surface area contributed by atoms with Gasteiger partial charge in [-0.2, -0.15) is 0 Å². The van der Waals surface area contributed by atoms with Crippen molar-refractivity contribution in [3.05, 3.63) is 71.3 Å². The summed E-state index contributed by atoms with van der Waals surface area (Å²) in [5.41, 5.74) is 3.34. The Morgan fingerprint density at radius 1 is 1.05 bits per heavy atom. The molecule has 2 aromatic rings. The van der Waals surface area contributed by atoms with Gasteiger partial charge in [-0.3, -0.25) is 0 Å². The number of hydrogen-bond donors (Lipinski definition) is 0. The summed E-state index contributed by atoms with van der Waals surface area (Å²) in [6.07, 6.45) is 8.24. The second-order valence-electron chi connectivity index (χ2n) is 4.87. The summed E-state index contributed by atoms with van der Waals surface area (Å²) in [7, 11) is 0. The highest BCUT2D eigenvalue weighted by Crippen LogP contribution is 2.34. The summed E-state index contributed by atoms with van der Waals surface area (Å²) in [6, 6.07) is 15.0. The molecule has 1 unspecified atom stereocenters. The molecule has 0 fully saturated rings. The first-order chi connectivity index (χ1) is 9.90. The zero-order chi connectivity index (χ0) is 13.4. The molecule has 0 N–H and O–H groups in total. The van der Waals surface area contributed by atoms with E-state index in [4.69, 9.17) is 9.47 Å². The molecule has 1 atom stereocenters. The first-order valence-electron chi connectivity index (χ1n) is 6.68. The molecule has 2 aromatic carbocycles. The summed E-state index contributed by atoms with van der Waals surface area (Å²) < 4.78 is 11.6. The van der Waals surface area contributed by atoms with Gasteiger partial charge in [0.25, 0.3) is 0 Å². The van der Waals surface area contributed by atoms with Gasteiger partial charge in [0.1, 0.15) is 24.2 Å². The molecule has 0 saturated carbocycles. The SMILES string of the molecule is [c]1ccc2c(c1)OC(c1ccc3c(c1)C=CCO3)C=C2. The van der Waals surface area contributed by atoms with E-state index in [-0.39, 0.29) is 6.10 Å². The Labute approximate surface area is 118 Å². The lowest BCUT2D eigenvalue weighted by Gasteiger charge is -2.23. The molecule has 2 heterocycles. The van der Waals surface area contributed by atoms with Gasteiger partial charge in [-0.1, -0.05) is 30.4 Å². The first-order valence-corrected chi connectivity index (χ1v) is 6.68. The van der Waals surface area contributed by atoms with Gasteiger partial charge in [-0.15, -0.1) is 0 Å². The molecule has 2 heteroatoms. The van der Waals surface area contributed by atoms with Crippen LogP contribution in [0, 0.1) is 6.07 Å². The second-order valence-corrected chi connectivity index (χ2v) is 4.87. The van der Waals surface area contributed by atoms with Crippen molar-refractivity contribution < 1.29 is 9.47 Å². The Bertz CT molecular complexity index is 713. The summed E-state index contributed by atoms with van der Waals surface area (Å²) in [6.45, 7) is 0.648. The fourth-order valence-electron chi connectivity index (χ4n) is 2.53. The van der Waals surface area contributed by atoms with Crippen molar-refractivity contribution in [1.29, 1.82) is 0 Å². The average Bonchev–Trinajstić information content (AvgIpc) is 2.54. The fourth-order valence-corrected chi connectivity index (χ4v) is 2.53. The predicted molar refractivity (Wildman–Crippen MR) is 78.7 cm³/mol. The van der Waals surface area contributed by atoms with Gasteiger partial charge in [0.2, 0.25) is 0 Å². The Morgan fingerprint density at radius 2 is 2.05 bits per heavy atom. The second kappa shape index (κ2) is 4.57. The lowest BCUT2D eigenvalue weighted by atomic mass is 10.0. The van der Waals surface area contributed by atoms with E-state index in [0.717, 1.165) is 28.2 Å². The van der Waals surface area contributed by atoms with Crippen LogP contribution in [0.15, 0.2) is 48.6 Å². The van der Waals surface area contributed by atoms with Crippen LogP contribution in [-0.2, 0) is 0 Å². The van der Waals surface area contributed by atoms with Gasteiger partial charge in [-0.05, 0) is 42.0 Å². The Balaban J connectivity index is 1.69. The van der Waals surface area contributed by atoms with Gasteiger partial charge in [0, 0.05) is 11.1 Å². The van der Waals surface area contributed by atoms with Crippen LogP contribution in [0.1, 0.15) is 22.8 Å². The van der Waals surface area contributed by atoms with Crippen LogP contribution in [0.25, 0.3) is 12.2 Å². The molecule has 2 aliphatic heterocycles. The number of ether oxygens (including phenoxy) is 2. The van der Waals surface area contributed by atoms with Crippen molar-refractivity contribution in [1.82, 2.24) is 0 Å². The minimum atomic E-state index is -0.0565. The third kappa shape index (κ3) is 1.90. The maximum atomic E-state index is 6.03. The fraction of sp³-hybridized carbons (Fsp3) is 0.111. The van der Waals surface area contributed by atoms with E-state index in [0.29, 0.717) is 6.61 Å². The molecule has 0 aromatic heterocycles. The van der Waals surface area contributed by atoms with Crippen LogP contribution in [0.2, 0.25) is 0 Å². The molecule has 0 spiro atoms. The molecule has 0 saturated heterocycles. The normalized spacial score (nSPS) is 18.7. The maximum Gasteiger partial charge on any atom is 0.142 e. The minimum Gasteiger partial charge on any atom is -0.489 e. The van der Waals surface area contributed by atoms with E-state index in [1.165, 1.54) is 0 Å². The van der Waals surface area contributed by atoms with Crippen LogP contribution < -0.4 is 9.47 Å². The predicted octanol–water partition coefficient (Wildman–Crippen LogP) is 4.04. The number of benzene rings is 2. The number of hydrogen-bond acceptors (Lipinski definition) is 2. The molecule has 2 nitrogen and oxygen atoms in total. The lowest BCUT2D eigenvalue weighted by molar-refractivity contribution is 0.251. The molecule has 0 amide bonds. The molecular formula is C18H13O2. The van der Waals surface area contributed by atoms with Crippen LogP contribution >= 0.6 is 0 Å². The number of rotatable bonds is 1. The van der Waals surface area contributed by atoms with Gasteiger partial charge < -0.3 is 9.47 Å². The van der Waals surface area contributed by atoms with Gasteiger partial charge in [0.15, 0.2) is 0 Å². The van der Waals surface area contributed by atoms with E-state index in [1.54, 1.807) is 0 Å². The van der Waals surface area contributed by atoms with Crippen molar-refractivity contribution in [3.63, 3.8) is 0 Å². The Hall–Kier alpha value is -2.48. The highest BCUT2D eigenvalue weighted by atomic mass is 16.5. The monoisotopic (exact) mass is 261 g/mol. The highest BCUT2D eigenvalue weighted by molar-refractivity contribution is 5.63. The van der Waals surface area contributed by atoms with Crippen LogP contribution in [0.3, 0.4) is 0 Å². The first kappa shape index (κ1) is 11.4. The maximum absolute atomic E-state index is 6.03. The minimum absolute atomic E-state index is 0.0565. The van der Waals surface area contributed by atoms with E-state index in [9.17, 15) is 0 Å². The van der Waals surface area contributed by atoms with Crippen molar-refractivity contribution in [2.45, 2.75) is 6.10 Å². The third-order valence-electron chi connectivity index (χ3n) is 3.56. The molecule has 2 aliphatic rings. The standard InChI is InChI=1S/C18H13O2/c1-2-6-17-13(4-1)7-10-18(20-17)15-8-9-16-14(12-15)5-3-11-19-16/h1,3-10,12,18H,11H2. The van der Waals surface area contributed by atoms with Crippen molar-refractivity contribution >= 4 is 12.2 Å². The average molecular weight is 261 g/mol. The van der Waals surface area contributed by atoms with Crippen LogP contribution in [0.4, 0.5) is 0 Å². The van der Waals surface area contributed by atoms with Crippen LogP contribution in [-0.4, -0.2) is 6.61 Å². The topological polar surface area (TPSA) is 18.5 Å². The third-order valence-corrected chi connectivity index (χ3v) is 3.56. The zero-order valence-electron chi connectivity index (χ0n) is 10.9. The quantitative estimate of drug-likeness (QED) is 0.771. The van der Waals surface area contributed by atoms with Crippen molar-refractivity contribution in [3.8, 4) is 11.5 Å². The smallest absolute Gasteiger partial charge is 0.142 e. The van der Waals surface area contributed by atoms with Crippen molar-refractivity contribution in [2.24, 2.45) is 0 Å². The van der Waals surface area contributed by atoms with E-state index in [1.807, 2.05) is 30.3 Å². The van der Waals surface area contributed by atoms with Crippen molar-refractivity contribution in [2.75, 3.05) is 6.61 Å². The van der Waals surface area contributed by atoms with Gasteiger partial charge in [0.05, 0.1) is 0 Å². The van der Waals surface area contributed by atoms with Gasteiger partial charge in [-0.25, -0.2) is 0 Å². The largest absolute Gasteiger partial charge is 0.489 e. The zero-order valence-corrected chi connectivity index (χ0v) is 10.9. The molecule has 0 aliphatic carbocycles. The Morgan fingerprint density at radius 3 is 3.05 bits per heavy atom. The molecule has 1 radical (unpaired) electrons. The summed E-state index contributed by atoms with van der Waals surface area (Å²) in [5.74, 6) is 1.81. The highest BCUT2D eigenvalue weighted by Gasteiger charge is 2.17. The van der Waals surface area contributed by atoms with E-state index >= 15 is 0 Å².